The van der Waals surface area contributed by atoms with Gasteiger partial charge < -0.3 is 9.47 Å². The Morgan fingerprint density at radius 2 is 1.85 bits per heavy atom. The summed E-state index contributed by atoms with van der Waals surface area (Å²) in [5.74, 6) is -1.37. The molecular weight excluding hydrogens is 379 g/mol. The lowest BCUT2D eigenvalue weighted by Crippen LogP contribution is -2.27. The lowest BCUT2D eigenvalue weighted by molar-refractivity contribution is -0.158. The molecule has 0 saturated heterocycles. The average molecular weight is 399 g/mol. The number of halogens is 2. The summed E-state index contributed by atoms with van der Waals surface area (Å²) in [7, 11) is 0. The second kappa shape index (κ2) is 8.10. The molecule has 2 aromatic rings. The first-order chi connectivity index (χ1) is 12.1. The van der Waals surface area contributed by atoms with Gasteiger partial charge in [-0.05, 0) is 39.3 Å². The van der Waals surface area contributed by atoms with E-state index in [1.165, 1.54) is 4.68 Å². The van der Waals surface area contributed by atoms with E-state index < -0.39 is 24.1 Å². The maximum atomic E-state index is 12.3. The second-order valence-corrected chi connectivity index (χ2v) is 7.43. The molecule has 2 rings (SSSR count). The van der Waals surface area contributed by atoms with Gasteiger partial charge in [0.2, 0.25) is 0 Å². The molecule has 1 aromatic carbocycles. The van der Waals surface area contributed by atoms with Gasteiger partial charge in [0.05, 0.1) is 12.2 Å². The van der Waals surface area contributed by atoms with Crippen LogP contribution in [0, 0.1) is 6.92 Å². The van der Waals surface area contributed by atoms with E-state index in [2.05, 4.69) is 5.10 Å². The Kier molecular flexibility index (Phi) is 6.31. The molecule has 0 aliphatic heterocycles. The summed E-state index contributed by atoms with van der Waals surface area (Å²) >= 11 is 12.4. The fourth-order valence-corrected chi connectivity index (χ4v) is 2.75. The highest BCUT2D eigenvalue weighted by Crippen LogP contribution is 2.24. The highest BCUT2D eigenvalue weighted by atomic mass is 35.5. The van der Waals surface area contributed by atoms with Crippen molar-refractivity contribution in [3.05, 3.63) is 51.3 Å². The zero-order valence-electron chi connectivity index (χ0n) is 15.0. The highest BCUT2D eigenvalue weighted by molar-refractivity contribution is 6.33. The van der Waals surface area contributed by atoms with Crippen molar-refractivity contribution in [1.29, 1.82) is 0 Å². The molecule has 0 fully saturated rings. The van der Waals surface area contributed by atoms with Crippen molar-refractivity contribution in [3.63, 3.8) is 0 Å². The first-order valence-electron chi connectivity index (χ1n) is 7.94. The number of nitrogens with zero attached hydrogens (tertiary/aromatic N) is 2. The van der Waals surface area contributed by atoms with Gasteiger partial charge in [0.25, 0.3) is 0 Å². The third-order valence-corrected chi connectivity index (χ3v) is 4.04. The Bertz CT molecular complexity index is 825. The Morgan fingerprint density at radius 1 is 1.19 bits per heavy atom. The van der Waals surface area contributed by atoms with E-state index in [1.54, 1.807) is 33.8 Å². The Balaban J connectivity index is 2.10. The molecule has 140 valence electrons. The van der Waals surface area contributed by atoms with E-state index >= 15 is 0 Å². The van der Waals surface area contributed by atoms with Crippen molar-refractivity contribution in [1.82, 2.24) is 9.78 Å². The summed E-state index contributed by atoms with van der Waals surface area (Å²) in [4.78, 5) is 24.0. The minimum absolute atomic E-state index is 0.113. The number of benzene rings is 1. The van der Waals surface area contributed by atoms with Crippen LogP contribution in [0.1, 0.15) is 42.4 Å². The first kappa shape index (κ1) is 20.3. The summed E-state index contributed by atoms with van der Waals surface area (Å²) in [5, 5.41) is 4.96. The van der Waals surface area contributed by atoms with Crippen molar-refractivity contribution in [3.8, 4) is 0 Å². The Labute approximate surface area is 162 Å². The predicted molar refractivity (Wildman–Crippen MR) is 98.7 cm³/mol. The largest absolute Gasteiger partial charge is 0.457 e. The molecule has 0 spiro atoms. The highest BCUT2D eigenvalue weighted by Gasteiger charge is 2.24. The SMILES string of the molecule is Cc1nn(Cc2ccccc2Cl)c(Cl)c1C(=O)OCC(=O)OC(C)(C)C. The number of carbonyl (C=O) groups is 2. The molecule has 6 nitrogen and oxygen atoms in total. The van der Waals surface area contributed by atoms with E-state index in [9.17, 15) is 9.59 Å². The van der Waals surface area contributed by atoms with Gasteiger partial charge in [-0.1, -0.05) is 41.4 Å². The summed E-state index contributed by atoms with van der Waals surface area (Å²) in [6.07, 6.45) is 0. The number of hydrogen-bond donors (Lipinski definition) is 0. The van der Waals surface area contributed by atoms with Crippen LogP contribution in [0.3, 0.4) is 0 Å². The normalized spacial score (nSPS) is 11.3. The lowest BCUT2D eigenvalue weighted by Gasteiger charge is -2.19. The maximum Gasteiger partial charge on any atom is 0.344 e. The van der Waals surface area contributed by atoms with Gasteiger partial charge >= 0.3 is 11.9 Å². The molecule has 0 saturated carbocycles. The molecule has 0 aliphatic rings. The predicted octanol–water partition coefficient (Wildman–Crippen LogP) is 4.05. The van der Waals surface area contributed by atoms with Crippen LogP contribution in [-0.2, 0) is 20.8 Å². The summed E-state index contributed by atoms with van der Waals surface area (Å²) in [6.45, 7) is 6.63. The van der Waals surface area contributed by atoms with E-state index in [-0.39, 0.29) is 10.7 Å². The molecule has 0 radical (unpaired) electrons. The molecule has 1 heterocycles. The third kappa shape index (κ3) is 5.22. The van der Waals surface area contributed by atoms with Gasteiger partial charge in [-0.2, -0.15) is 5.10 Å². The van der Waals surface area contributed by atoms with Crippen LogP contribution in [0.5, 0.6) is 0 Å². The van der Waals surface area contributed by atoms with Gasteiger partial charge in [-0.3, -0.25) is 0 Å². The van der Waals surface area contributed by atoms with Gasteiger partial charge in [0, 0.05) is 5.02 Å². The number of rotatable bonds is 5. The van der Waals surface area contributed by atoms with E-state index in [0.717, 1.165) is 5.56 Å². The minimum Gasteiger partial charge on any atom is -0.457 e. The van der Waals surface area contributed by atoms with Crippen molar-refractivity contribution >= 4 is 35.1 Å². The number of ether oxygens (including phenoxy) is 2. The zero-order chi connectivity index (χ0) is 19.5. The van der Waals surface area contributed by atoms with Crippen molar-refractivity contribution < 1.29 is 19.1 Å². The van der Waals surface area contributed by atoms with Crippen molar-refractivity contribution in [2.24, 2.45) is 0 Å². The van der Waals surface area contributed by atoms with Gasteiger partial charge in [0.15, 0.2) is 6.61 Å². The molecule has 0 unspecified atom stereocenters. The number of carbonyl (C=O) groups excluding carboxylic acids is 2. The molecule has 8 heteroatoms. The number of hydrogen-bond acceptors (Lipinski definition) is 5. The van der Waals surface area contributed by atoms with E-state index in [0.29, 0.717) is 17.3 Å². The summed E-state index contributed by atoms with van der Waals surface area (Å²) in [6, 6.07) is 7.27. The molecule has 0 amide bonds. The van der Waals surface area contributed by atoms with Crippen LogP contribution in [-0.4, -0.2) is 33.9 Å². The average Bonchev–Trinajstić information content (AvgIpc) is 2.80. The fraction of sp³-hybridized carbons (Fsp3) is 0.389. The standard InChI is InChI=1S/C18H20Cl2N2O4/c1-11-15(17(24)25-10-14(23)26-18(2,3)4)16(20)22(21-11)9-12-7-5-6-8-13(12)19/h5-8H,9-10H2,1-4H3. The quantitative estimate of drug-likeness (QED) is 0.710. The molecule has 0 bridgehead atoms. The molecule has 0 N–H and O–H groups in total. The Morgan fingerprint density at radius 3 is 2.46 bits per heavy atom. The van der Waals surface area contributed by atoms with Crippen molar-refractivity contribution in [2.75, 3.05) is 6.61 Å². The molecule has 1 aromatic heterocycles. The number of aryl methyl sites for hydroxylation is 1. The monoisotopic (exact) mass is 398 g/mol. The Hall–Kier alpha value is -2.05. The summed E-state index contributed by atoms with van der Waals surface area (Å²) in [5.41, 5.74) is 0.669. The smallest absolute Gasteiger partial charge is 0.344 e. The van der Waals surface area contributed by atoms with E-state index in [4.69, 9.17) is 32.7 Å². The van der Waals surface area contributed by atoms with Crippen LogP contribution < -0.4 is 0 Å². The first-order valence-corrected chi connectivity index (χ1v) is 8.69. The second-order valence-electron chi connectivity index (χ2n) is 6.66. The topological polar surface area (TPSA) is 70.4 Å². The van der Waals surface area contributed by atoms with Crippen LogP contribution in [0.4, 0.5) is 0 Å². The minimum atomic E-state index is -0.733. The van der Waals surface area contributed by atoms with Crippen LogP contribution in [0.2, 0.25) is 10.2 Å². The van der Waals surface area contributed by atoms with E-state index in [1.807, 2.05) is 18.2 Å². The van der Waals surface area contributed by atoms with Crippen LogP contribution >= 0.6 is 23.2 Å². The zero-order valence-corrected chi connectivity index (χ0v) is 16.5. The lowest BCUT2D eigenvalue weighted by atomic mass is 10.2. The van der Waals surface area contributed by atoms with Gasteiger partial charge in [-0.25, -0.2) is 14.3 Å². The van der Waals surface area contributed by atoms with Gasteiger partial charge in [0.1, 0.15) is 16.3 Å². The van der Waals surface area contributed by atoms with Crippen LogP contribution in [0.25, 0.3) is 0 Å². The summed E-state index contributed by atoms with van der Waals surface area (Å²) < 4.78 is 11.6. The third-order valence-electron chi connectivity index (χ3n) is 3.29. The number of aromatic nitrogens is 2. The van der Waals surface area contributed by atoms with Crippen LogP contribution in [0.15, 0.2) is 24.3 Å². The van der Waals surface area contributed by atoms with Gasteiger partial charge in [-0.15, -0.1) is 0 Å². The van der Waals surface area contributed by atoms with Crippen molar-refractivity contribution in [2.45, 2.75) is 39.8 Å². The molecular formula is C18H20Cl2N2O4. The number of esters is 2. The molecule has 0 aliphatic carbocycles. The molecule has 0 atom stereocenters. The fourth-order valence-electron chi connectivity index (χ4n) is 2.25. The molecule has 26 heavy (non-hydrogen) atoms. The maximum absolute atomic E-state index is 12.3.